The Morgan fingerprint density at radius 2 is 1.71 bits per heavy atom. The molecule has 0 saturated carbocycles. The lowest BCUT2D eigenvalue weighted by molar-refractivity contribution is -0.204. The number of benzene rings is 1. The van der Waals surface area contributed by atoms with Crippen molar-refractivity contribution >= 4 is 17.5 Å². The standard InChI is InChI=1S/C19H15NO4/c1-3-17(21)23-19(24-18(22)4-2)11-9-16(10-12-19)15-7-5-14(13-20)6-8-15/h3-11H,1-2,12H2. The lowest BCUT2D eigenvalue weighted by atomic mass is 9.95. The molecule has 0 saturated heterocycles. The number of nitriles is 1. The zero-order chi connectivity index (χ0) is 17.6. The Labute approximate surface area is 139 Å². The first kappa shape index (κ1) is 17.0. The second-order valence-electron chi connectivity index (χ2n) is 4.95. The summed E-state index contributed by atoms with van der Waals surface area (Å²) in [5.41, 5.74) is 2.32. The normalized spacial score (nSPS) is 14.7. The molecule has 0 heterocycles. The topological polar surface area (TPSA) is 76.4 Å². The third-order valence-electron chi connectivity index (χ3n) is 3.35. The van der Waals surface area contributed by atoms with Crippen LogP contribution < -0.4 is 0 Å². The van der Waals surface area contributed by atoms with E-state index in [-0.39, 0.29) is 6.42 Å². The van der Waals surface area contributed by atoms with Gasteiger partial charge in [0.25, 0.3) is 5.79 Å². The third kappa shape index (κ3) is 3.87. The van der Waals surface area contributed by atoms with Crippen molar-refractivity contribution in [1.82, 2.24) is 0 Å². The number of rotatable bonds is 5. The summed E-state index contributed by atoms with van der Waals surface area (Å²) in [7, 11) is 0. The first-order chi connectivity index (χ1) is 11.5. The minimum absolute atomic E-state index is 0.151. The summed E-state index contributed by atoms with van der Waals surface area (Å²) in [5.74, 6) is -2.93. The van der Waals surface area contributed by atoms with Crippen molar-refractivity contribution in [2.24, 2.45) is 0 Å². The second kappa shape index (κ2) is 7.25. The van der Waals surface area contributed by atoms with Crippen LogP contribution in [0.4, 0.5) is 0 Å². The van der Waals surface area contributed by atoms with E-state index < -0.39 is 17.7 Å². The van der Waals surface area contributed by atoms with Gasteiger partial charge in [0.15, 0.2) is 0 Å². The van der Waals surface area contributed by atoms with Gasteiger partial charge in [0.05, 0.1) is 11.6 Å². The van der Waals surface area contributed by atoms with Crippen LogP contribution in [0.1, 0.15) is 17.5 Å². The maximum absolute atomic E-state index is 11.5. The Kier molecular flexibility index (Phi) is 5.13. The summed E-state index contributed by atoms with van der Waals surface area (Å²) in [6, 6.07) is 9.10. The lowest BCUT2D eigenvalue weighted by Crippen LogP contribution is -2.38. The van der Waals surface area contributed by atoms with E-state index in [9.17, 15) is 9.59 Å². The predicted molar refractivity (Wildman–Crippen MR) is 88.2 cm³/mol. The van der Waals surface area contributed by atoms with Gasteiger partial charge in [-0.05, 0) is 23.3 Å². The third-order valence-corrected chi connectivity index (χ3v) is 3.35. The van der Waals surface area contributed by atoms with Gasteiger partial charge in [0, 0.05) is 24.6 Å². The van der Waals surface area contributed by atoms with Gasteiger partial charge in [-0.2, -0.15) is 5.26 Å². The van der Waals surface area contributed by atoms with Crippen LogP contribution in [0.15, 0.2) is 67.8 Å². The Morgan fingerprint density at radius 1 is 1.12 bits per heavy atom. The summed E-state index contributed by atoms with van der Waals surface area (Å²) in [6.45, 7) is 6.67. The molecule has 120 valence electrons. The van der Waals surface area contributed by atoms with Gasteiger partial charge in [-0.3, -0.25) is 0 Å². The quantitative estimate of drug-likeness (QED) is 0.473. The molecule has 1 aliphatic rings. The highest BCUT2D eigenvalue weighted by Gasteiger charge is 2.36. The molecule has 0 aliphatic heterocycles. The van der Waals surface area contributed by atoms with Gasteiger partial charge >= 0.3 is 11.9 Å². The molecule has 0 spiro atoms. The Bertz CT molecular complexity index is 757. The number of hydrogen-bond acceptors (Lipinski definition) is 5. The highest BCUT2D eigenvalue weighted by Crippen LogP contribution is 2.31. The smallest absolute Gasteiger partial charge is 0.333 e. The number of allylic oxidation sites excluding steroid dienone is 2. The average Bonchev–Trinajstić information content (AvgIpc) is 2.62. The molecule has 0 bridgehead atoms. The molecule has 0 radical (unpaired) electrons. The molecule has 1 aromatic rings. The van der Waals surface area contributed by atoms with Crippen molar-refractivity contribution in [3.05, 3.63) is 78.9 Å². The molecule has 2 rings (SSSR count). The number of nitrogens with zero attached hydrogens (tertiary/aromatic N) is 1. The molecule has 0 aromatic heterocycles. The molecular weight excluding hydrogens is 306 g/mol. The highest BCUT2D eigenvalue weighted by molar-refractivity contribution is 5.84. The molecule has 1 aromatic carbocycles. The van der Waals surface area contributed by atoms with Crippen molar-refractivity contribution in [1.29, 1.82) is 5.26 Å². The first-order valence-corrected chi connectivity index (χ1v) is 7.12. The Balaban J connectivity index is 2.24. The van der Waals surface area contributed by atoms with Crippen LogP contribution in [0, 0.1) is 11.3 Å². The van der Waals surface area contributed by atoms with Crippen LogP contribution in [0.25, 0.3) is 5.57 Å². The van der Waals surface area contributed by atoms with Gasteiger partial charge in [-0.1, -0.05) is 37.4 Å². The fourth-order valence-electron chi connectivity index (χ4n) is 2.15. The van der Waals surface area contributed by atoms with Crippen molar-refractivity contribution in [2.45, 2.75) is 12.2 Å². The van der Waals surface area contributed by atoms with Crippen LogP contribution in [0.5, 0.6) is 0 Å². The van der Waals surface area contributed by atoms with E-state index in [1.165, 1.54) is 6.08 Å². The van der Waals surface area contributed by atoms with E-state index in [1.807, 2.05) is 12.1 Å². The molecule has 0 amide bonds. The number of ether oxygens (including phenoxy) is 2. The summed E-state index contributed by atoms with van der Waals surface area (Å²) < 4.78 is 10.4. The molecule has 0 atom stereocenters. The van der Waals surface area contributed by atoms with Crippen molar-refractivity contribution in [3.63, 3.8) is 0 Å². The molecular formula is C19H15NO4. The molecule has 0 fully saturated rings. The molecule has 1 aliphatic carbocycles. The zero-order valence-electron chi connectivity index (χ0n) is 12.9. The summed E-state index contributed by atoms with van der Waals surface area (Å²) in [4.78, 5) is 23.1. The van der Waals surface area contributed by atoms with Crippen LogP contribution in [-0.4, -0.2) is 17.7 Å². The molecule has 0 N–H and O–H groups in total. The molecule has 0 unspecified atom stereocenters. The van der Waals surface area contributed by atoms with E-state index in [0.29, 0.717) is 5.56 Å². The minimum atomic E-state index is -1.52. The maximum Gasteiger partial charge on any atom is 0.333 e. The summed E-state index contributed by atoms with van der Waals surface area (Å²) in [5, 5.41) is 8.83. The molecule has 5 nitrogen and oxygen atoms in total. The Morgan fingerprint density at radius 3 is 2.12 bits per heavy atom. The first-order valence-electron chi connectivity index (χ1n) is 7.12. The van der Waals surface area contributed by atoms with Gasteiger partial charge in [0.2, 0.25) is 0 Å². The zero-order valence-corrected chi connectivity index (χ0v) is 12.9. The second-order valence-corrected chi connectivity index (χ2v) is 4.95. The van der Waals surface area contributed by atoms with Gasteiger partial charge < -0.3 is 9.47 Å². The average molecular weight is 321 g/mol. The van der Waals surface area contributed by atoms with Crippen LogP contribution in [0.2, 0.25) is 0 Å². The van der Waals surface area contributed by atoms with Crippen molar-refractivity contribution in [2.75, 3.05) is 0 Å². The van der Waals surface area contributed by atoms with Crippen molar-refractivity contribution < 1.29 is 19.1 Å². The maximum atomic E-state index is 11.5. The van der Waals surface area contributed by atoms with Crippen LogP contribution >= 0.6 is 0 Å². The predicted octanol–water partition coefficient (Wildman–Crippen LogP) is 3.06. The van der Waals surface area contributed by atoms with Gasteiger partial charge in [-0.25, -0.2) is 9.59 Å². The van der Waals surface area contributed by atoms with Gasteiger partial charge in [-0.15, -0.1) is 0 Å². The van der Waals surface area contributed by atoms with Crippen molar-refractivity contribution in [3.8, 4) is 6.07 Å². The molecule has 5 heteroatoms. The van der Waals surface area contributed by atoms with E-state index >= 15 is 0 Å². The fourth-order valence-corrected chi connectivity index (χ4v) is 2.15. The highest BCUT2D eigenvalue weighted by atomic mass is 16.7. The summed E-state index contributed by atoms with van der Waals surface area (Å²) in [6.07, 6.45) is 7.13. The van der Waals surface area contributed by atoms with E-state index in [4.69, 9.17) is 14.7 Å². The number of carbonyl (C=O) groups is 2. The van der Waals surface area contributed by atoms with E-state index in [1.54, 1.807) is 24.3 Å². The lowest BCUT2D eigenvalue weighted by Gasteiger charge is -2.30. The number of carbonyl (C=O) groups excluding carboxylic acids is 2. The largest absolute Gasteiger partial charge is 0.415 e. The fraction of sp³-hybridized carbons (Fsp3) is 0.105. The number of hydrogen-bond donors (Lipinski definition) is 0. The Hall–Kier alpha value is -3.39. The monoisotopic (exact) mass is 321 g/mol. The van der Waals surface area contributed by atoms with E-state index in [2.05, 4.69) is 19.2 Å². The van der Waals surface area contributed by atoms with Gasteiger partial charge in [0.1, 0.15) is 0 Å². The minimum Gasteiger partial charge on any atom is -0.415 e. The molecule has 24 heavy (non-hydrogen) atoms. The summed E-state index contributed by atoms with van der Waals surface area (Å²) >= 11 is 0. The van der Waals surface area contributed by atoms with E-state index in [0.717, 1.165) is 23.3 Å². The SMILES string of the molecule is C=CC(=O)OC1(OC(=O)C=C)C=CC(c2ccc(C#N)cc2)=CC1. The van der Waals surface area contributed by atoms with Crippen LogP contribution in [0.3, 0.4) is 0 Å². The van der Waals surface area contributed by atoms with Crippen LogP contribution in [-0.2, 0) is 19.1 Å². The number of esters is 2.